The monoisotopic (exact) mass is 251 g/mol. The van der Waals surface area contributed by atoms with Crippen molar-refractivity contribution in [1.29, 1.82) is 0 Å². The van der Waals surface area contributed by atoms with Gasteiger partial charge >= 0.3 is 0 Å². The molecule has 1 aromatic rings. The van der Waals surface area contributed by atoms with Gasteiger partial charge in [-0.3, -0.25) is 0 Å². The molecule has 0 aliphatic carbocycles. The molecule has 0 aliphatic heterocycles. The molecule has 4 N–H and O–H groups in total. The average molecular weight is 251 g/mol. The number of halogens is 2. The third-order valence-electron chi connectivity index (χ3n) is 2.40. The summed E-state index contributed by atoms with van der Waals surface area (Å²) in [6, 6.07) is 3.06. The topological polar surface area (TPSA) is 64.4 Å². The van der Waals surface area contributed by atoms with Gasteiger partial charge in [0, 0.05) is 17.8 Å². The molecule has 0 aliphatic rings. The Labute approximate surface area is 105 Å². The minimum absolute atomic E-state index is 0.0443. The number of nitrogens with two attached hydrogens (primary N) is 2. The molecule has 1 rings (SSSR count). The van der Waals surface area contributed by atoms with Crippen LogP contribution in [0.3, 0.4) is 0 Å². The van der Waals surface area contributed by atoms with Crippen LogP contribution in [0.2, 0.25) is 0 Å². The Bertz CT molecular complexity index is 519. The molecule has 0 spiro atoms. The Kier molecular flexibility index (Phi) is 4.59. The van der Waals surface area contributed by atoms with E-state index in [1.807, 2.05) is 6.92 Å². The maximum Gasteiger partial charge on any atom is 0.151 e. The number of hydrogen-bond acceptors (Lipinski definition) is 2. The third kappa shape index (κ3) is 3.16. The molecule has 96 valence electrons. The highest BCUT2D eigenvalue weighted by Crippen LogP contribution is 2.20. The van der Waals surface area contributed by atoms with Crippen molar-refractivity contribution in [3.63, 3.8) is 0 Å². The fraction of sp³-hybridized carbons (Fsp3) is 0.154. The normalized spacial score (nSPS) is 12.6. The first-order chi connectivity index (χ1) is 8.49. The second-order valence-electron chi connectivity index (χ2n) is 3.63. The molecule has 0 saturated carbocycles. The second-order valence-corrected chi connectivity index (χ2v) is 3.63. The van der Waals surface area contributed by atoms with Crippen molar-refractivity contribution < 1.29 is 8.78 Å². The summed E-state index contributed by atoms with van der Waals surface area (Å²) < 4.78 is 26.1. The first-order valence-corrected chi connectivity index (χ1v) is 5.39. The van der Waals surface area contributed by atoms with Crippen molar-refractivity contribution in [2.45, 2.75) is 13.3 Å². The van der Waals surface area contributed by atoms with E-state index >= 15 is 0 Å². The summed E-state index contributed by atoms with van der Waals surface area (Å²) in [5.41, 5.74) is 12.3. The molecule has 0 unspecified atom stereocenters. The summed E-state index contributed by atoms with van der Waals surface area (Å²) in [4.78, 5) is 3.88. The van der Waals surface area contributed by atoms with E-state index in [-0.39, 0.29) is 11.5 Å². The lowest BCUT2D eigenvalue weighted by atomic mass is 10.1. The highest BCUT2D eigenvalue weighted by Gasteiger charge is 2.08. The highest BCUT2D eigenvalue weighted by atomic mass is 19.1. The van der Waals surface area contributed by atoms with E-state index in [4.69, 9.17) is 11.5 Å². The summed E-state index contributed by atoms with van der Waals surface area (Å²) >= 11 is 0. The third-order valence-corrected chi connectivity index (χ3v) is 2.40. The minimum atomic E-state index is -0.781. The van der Waals surface area contributed by atoms with Crippen LogP contribution in [0.1, 0.15) is 13.3 Å². The number of rotatable bonds is 4. The SMILES string of the molecule is C=C(CC)C(=CN)C(N)=Nc1ccc(F)cc1F. The largest absolute Gasteiger partial charge is 0.404 e. The van der Waals surface area contributed by atoms with E-state index in [1.165, 1.54) is 12.3 Å². The molecule has 3 nitrogen and oxygen atoms in total. The van der Waals surface area contributed by atoms with Gasteiger partial charge in [-0.1, -0.05) is 13.5 Å². The summed E-state index contributed by atoms with van der Waals surface area (Å²) in [5.74, 6) is -1.40. The maximum atomic E-state index is 13.4. The van der Waals surface area contributed by atoms with Gasteiger partial charge in [-0.15, -0.1) is 0 Å². The molecular formula is C13H15F2N3. The summed E-state index contributed by atoms with van der Waals surface area (Å²) in [6.07, 6.45) is 1.91. The number of hydrogen-bond donors (Lipinski definition) is 2. The molecule has 0 aromatic heterocycles. The Hall–Kier alpha value is -2.17. The minimum Gasteiger partial charge on any atom is -0.404 e. The Morgan fingerprint density at radius 1 is 1.44 bits per heavy atom. The molecule has 0 radical (unpaired) electrons. The number of nitrogens with zero attached hydrogens (tertiary/aromatic N) is 1. The molecule has 1 aromatic carbocycles. The van der Waals surface area contributed by atoms with Gasteiger partial charge in [0.1, 0.15) is 17.3 Å². The van der Waals surface area contributed by atoms with E-state index in [1.54, 1.807) is 0 Å². The fourth-order valence-electron chi connectivity index (χ4n) is 1.34. The maximum absolute atomic E-state index is 13.4. The quantitative estimate of drug-likeness (QED) is 0.491. The van der Waals surface area contributed by atoms with Crippen molar-refractivity contribution in [1.82, 2.24) is 0 Å². The van der Waals surface area contributed by atoms with Crippen molar-refractivity contribution in [3.05, 3.63) is 53.8 Å². The molecule has 18 heavy (non-hydrogen) atoms. The van der Waals surface area contributed by atoms with Gasteiger partial charge in [-0.05, 0) is 24.1 Å². The zero-order valence-corrected chi connectivity index (χ0v) is 10.1. The van der Waals surface area contributed by atoms with Crippen LogP contribution in [0, 0.1) is 11.6 Å². The van der Waals surface area contributed by atoms with E-state index in [9.17, 15) is 8.78 Å². The van der Waals surface area contributed by atoms with Gasteiger partial charge < -0.3 is 11.5 Å². The summed E-state index contributed by atoms with van der Waals surface area (Å²) in [5, 5.41) is 0. The molecule has 0 heterocycles. The van der Waals surface area contributed by atoms with Gasteiger partial charge in [0.05, 0.1) is 0 Å². The van der Waals surface area contributed by atoms with Crippen LogP contribution in [0.25, 0.3) is 0 Å². The summed E-state index contributed by atoms with van der Waals surface area (Å²) in [6.45, 7) is 5.67. The number of aliphatic imine (C=N–C) groups is 1. The van der Waals surface area contributed by atoms with Crippen LogP contribution in [-0.4, -0.2) is 5.84 Å². The van der Waals surface area contributed by atoms with Crippen molar-refractivity contribution >= 4 is 11.5 Å². The van der Waals surface area contributed by atoms with Gasteiger partial charge in [-0.25, -0.2) is 13.8 Å². The Morgan fingerprint density at radius 3 is 2.61 bits per heavy atom. The van der Waals surface area contributed by atoms with Crippen molar-refractivity contribution in [3.8, 4) is 0 Å². The average Bonchev–Trinajstić information content (AvgIpc) is 2.33. The van der Waals surface area contributed by atoms with Crippen LogP contribution < -0.4 is 11.5 Å². The smallest absolute Gasteiger partial charge is 0.151 e. The van der Waals surface area contributed by atoms with Gasteiger partial charge in [0.25, 0.3) is 0 Å². The van der Waals surface area contributed by atoms with E-state index < -0.39 is 11.6 Å². The van der Waals surface area contributed by atoms with E-state index in [0.717, 1.165) is 12.1 Å². The zero-order chi connectivity index (χ0) is 13.7. The summed E-state index contributed by atoms with van der Waals surface area (Å²) in [7, 11) is 0. The predicted molar refractivity (Wildman–Crippen MR) is 69.3 cm³/mol. The molecular weight excluding hydrogens is 236 g/mol. The van der Waals surface area contributed by atoms with Crippen molar-refractivity contribution in [2.24, 2.45) is 16.5 Å². The lowest BCUT2D eigenvalue weighted by Crippen LogP contribution is -2.17. The molecule has 0 amide bonds. The lowest BCUT2D eigenvalue weighted by Gasteiger charge is -2.08. The first kappa shape index (κ1) is 13.9. The van der Waals surface area contributed by atoms with Gasteiger partial charge in [0.15, 0.2) is 5.82 Å². The standard InChI is InChI=1S/C13H15F2N3/c1-3-8(2)10(7-16)13(17)18-12-5-4-9(14)6-11(12)15/h4-7H,2-3,16H2,1H3,(H2,17,18). The Morgan fingerprint density at radius 2 is 2.11 bits per heavy atom. The van der Waals surface area contributed by atoms with Crippen LogP contribution >= 0.6 is 0 Å². The predicted octanol–water partition coefficient (Wildman–Crippen LogP) is 2.76. The second kappa shape index (κ2) is 5.95. The van der Waals surface area contributed by atoms with Crippen LogP contribution in [0.15, 0.2) is 47.1 Å². The lowest BCUT2D eigenvalue weighted by molar-refractivity contribution is 0.585. The molecule has 0 bridgehead atoms. The van der Waals surface area contributed by atoms with Crippen LogP contribution in [-0.2, 0) is 0 Å². The Balaban J connectivity index is 3.12. The van der Waals surface area contributed by atoms with Crippen LogP contribution in [0.5, 0.6) is 0 Å². The molecule has 0 fully saturated rings. The number of amidine groups is 1. The van der Waals surface area contributed by atoms with Gasteiger partial charge in [0.2, 0.25) is 0 Å². The van der Waals surface area contributed by atoms with E-state index in [0.29, 0.717) is 17.6 Å². The zero-order valence-electron chi connectivity index (χ0n) is 10.1. The number of benzene rings is 1. The van der Waals surface area contributed by atoms with Gasteiger partial charge in [-0.2, -0.15) is 0 Å². The molecule has 0 atom stereocenters. The van der Waals surface area contributed by atoms with E-state index in [2.05, 4.69) is 11.6 Å². The van der Waals surface area contributed by atoms with Crippen molar-refractivity contribution in [2.75, 3.05) is 0 Å². The van der Waals surface area contributed by atoms with Crippen LogP contribution in [0.4, 0.5) is 14.5 Å². The first-order valence-electron chi connectivity index (χ1n) is 5.39. The fourth-order valence-corrected chi connectivity index (χ4v) is 1.34. The molecule has 0 saturated heterocycles. The highest BCUT2D eigenvalue weighted by molar-refractivity contribution is 6.02. The molecule has 5 heteroatoms.